The maximum atomic E-state index is 14.1. The zero-order valence-corrected chi connectivity index (χ0v) is 28.8. The second kappa shape index (κ2) is 16.9. The van der Waals surface area contributed by atoms with Gasteiger partial charge in [0.05, 0.1) is 12.7 Å². The highest BCUT2D eigenvalue weighted by molar-refractivity contribution is 5.77. The summed E-state index contributed by atoms with van der Waals surface area (Å²) >= 11 is 0. The van der Waals surface area contributed by atoms with E-state index in [0.29, 0.717) is 38.1 Å². The molecule has 0 N–H and O–H groups in total. The molecule has 4 nitrogen and oxygen atoms in total. The predicted octanol–water partition coefficient (Wildman–Crippen LogP) is 9.59. The standard InChI is InChI=1S/C43H53NO3/c1-5-46-42(45)41(44(31-34-18-10-6-11-19-34)32-35-20-12-7-13-21-35)38(36-22-14-8-15-23-36)28-29-47-40-30-33(2)26-27-39(40)43(3,4)37-24-16-9-17-25-37/h6-25,33,38-41H,5,26-32H2,1-4H3/t33-,38+,39-,40-,41+/m1/s1. The van der Waals surface area contributed by atoms with Gasteiger partial charge in [0.25, 0.3) is 0 Å². The summed E-state index contributed by atoms with van der Waals surface area (Å²) in [5.74, 6) is 0.768. The average molecular weight is 632 g/mol. The Labute approximate surface area is 283 Å². The molecular formula is C43H53NO3. The Morgan fingerprint density at radius 1 is 0.787 bits per heavy atom. The van der Waals surface area contributed by atoms with Gasteiger partial charge in [-0.2, -0.15) is 0 Å². The van der Waals surface area contributed by atoms with Crippen LogP contribution in [-0.2, 0) is 32.8 Å². The summed E-state index contributed by atoms with van der Waals surface area (Å²) in [5, 5.41) is 0. The van der Waals surface area contributed by atoms with Crippen LogP contribution < -0.4 is 0 Å². The summed E-state index contributed by atoms with van der Waals surface area (Å²) in [6.45, 7) is 11.2. The molecule has 0 aliphatic heterocycles. The van der Waals surface area contributed by atoms with Gasteiger partial charge in [-0.05, 0) is 65.7 Å². The molecular weight excluding hydrogens is 578 g/mol. The van der Waals surface area contributed by atoms with E-state index in [2.05, 4.69) is 129 Å². The first-order valence-corrected chi connectivity index (χ1v) is 17.6. The summed E-state index contributed by atoms with van der Waals surface area (Å²) in [4.78, 5) is 16.4. The zero-order chi connectivity index (χ0) is 33.1. The third-order valence-electron chi connectivity index (χ3n) is 10.2. The van der Waals surface area contributed by atoms with Crippen molar-refractivity contribution in [2.75, 3.05) is 13.2 Å². The van der Waals surface area contributed by atoms with Crippen molar-refractivity contribution in [3.05, 3.63) is 144 Å². The van der Waals surface area contributed by atoms with Crippen molar-refractivity contribution in [1.82, 2.24) is 4.90 Å². The van der Waals surface area contributed by atoms with E-state index in [9.17, 15) is 4.79 Å². The Morgan fingerprint density at radius 3 is 1.87 bits per heavy atom. The molecule has 1 aliphatic rings. The van der Waals surface area contributed by atoms with Gasteiger partial charge in [-0.25, -0.2) is 0 Å². The van der Waals surface area contributed by atoms with Gasteiger partial charge in [0.15, 0.2) is 0 Å². The topological polar surface area (TPSA) is 38.8 Å². The molecule has 47 heavy (non-hydrogen) atoms. The molecule has 5 atom stereocenters. The smallest absolute Gasteiger partial charge is 0.324 e. The first kappa shape index (κ1) is 34.6. The fourth-order valence-corrected chi connectivity index (χ4v) is 7.66. The highest BCUT2D eigenvalue weighted by atomic mass is 16.5. The van der Waals surface area contributed by atoms with Gasteiger partial charge in [-0.3, -0.25) is 9.69 Å². The molecule has 0 heterocycles. The molecule has 0 unspecified atom stereocenters. The summed E-state index contributed by atoms with van der Waals surface area (Å²) in [5.41, 5.74) is 4.85. The number of rotatable bonds is 15. The Bertz CT molecular complexity index is 1430. The first-order chi connectivity index (χ1) is 22.9. The van der Waals surface area contributed by atoms with E-state index in [4.69, 9.17) is 9.47 Å². The van der Waals surface area contributed by atoms with Crippen LogP contribution in [0.25, 0.3) is 0 Å². The van der Waals surface area contributed by atoms with Crippen LogP contribution in [0.15, 0.2) is 121 Å². The largest absolute Gasteiger partial charge is 0.465 e. The van der Waals surface area contributed by atoms with Crippen LogP contribution in [0.5, 0.6) is 0 Å². The highest BCUT2D eigenvalue weighted by Crippen LogP contribution is 2.44. The Morgan fingerprint density at radius 2 is 1.32 bits per heavy atom. The maximum absolute atomic E-state index is 14.1. The second-order valence-corrected chi connectivity index (χ2v) is 13.9. The number of carbonyl (C=O) groups is 1. The molecule has 5 rings (SSSR count). The lowest BCUT2D eigenvalue weighted by atomic mass is 9.64. The molecule has 0 spiro atoms. The minimum atomic E-state index is -0.483. The molecule has 1 fully saturated rings. The number of benzene rings is 4. The molecule has 0 bridgehead atoms. The number of carbonyl (C=O) groups excluding carboxylic acids is 1. The summed E-state index contributed by atoms with van der Waals surface area (Å²) in [6, 6.07) is 41.8. The van der Waals surface area contributed by atoms with E-state index in [1.165, 1.54) is 23.1 Å². The lowest BCUT2D eigenvalue weighted by Crippen LogP contribution is -2.46. The van der Waals surface area contributed by atoms with E-state index < -0.39 is 6.04 Å². The molecule has 0 radical (unpaired) electrons. The molecule has 4 heteroatoms. The fraction of sp³-hybridized carbons (Fsp3) is 0.419. The van der Waals surface area contributed by atoms with Gasteiger partial charge in [-0.1, -0.05) is 149 Å². The normalized spacial score (nSPS) is 19.6. The quantitative estimate of drug-likeness (QED) is 0.123. The van der Waals surface area contributed by atoms with Gasteiger partial charge in [-0.15, -0.1) is 0 Å². The summed E-state index contributed by atoms with van der Waals surface area (Å²) in [7, 11) is 0. The minimum Gasteiger partial charge on any atom is -0.465 e. The Balaban J connectivity index is 1.45. The number of nitrogens with zero attached hydrogens (tertiary/aromatic N) is 1. The van der Waals surface area contributed by atoms with Gasteiger partial charge in [0.1, 0.15) is 6.04 Å². The van der Waals surface area contributed by atoms with E-state index >= 15 is 0 Å². The number of hydrogen-bond donors (Lipinski definition) is 0. The first-order valence-electron chi connectivity index (χ1n) is 17.6. The molecule has 4 aromatic carbocycles. The van der Waals surface area contributed by atoms with Crippen LogP contribution in [0.1, 0.15) is 81.5 Å². The molecule has 4 aromatic rings. The molecule has 248 valence electrons. The lowest BCUT2D eigenvalue weighted by molar-refractivity contribution is -0.151. The van der Waals surface area contributed by atoms with Crippen LogP contribution in [0.2, 0.25) is 0 Å². The zero-order valence-electron chi connectivity index (χ0n) is 28.8. The fourth-order valence-electron chi connectivity index (χ4n) is 7.66. The van der Waals surface area contributed by atoms with E-state index in [1.54, 1.807) is 0 Å². The van der Waals surface area contributed by atoms with E-state index in [0.717, 1.165) is 24.8 Å². The van der Waals surface area contributed by atoms with Crippen LogP contribution in [0.3, 0.4) is 0 Å². The van der Waals surface area contributed by atoms with Crippen molar-refractivity contribution in [3.8, 4) is 0 Å². The monoisotopic (exact) mass is 631 g/mol. The SMILES string of the molecule is CCOC(=O)[C@H]([C@@H](CCO[C@@H]1C[C@H](C)CC[C@H]1C(C)(C)c1ccccc1)c1ccccc1)N(Cc1ccccc1)Cc1ccccc1. The molecule has 1 aliphatic carbocycles. The molecule has 0 amide bonds. The lowest BCUT2D eigenvalue weighted by Gasteiger charge is -2.44. The van der Waals surface area contributed by atoms with Crippen molar-refractivity contribution >= 4 is 5.97 Å². The minimum absolute atomic E-state index is 0.000527. The van der Waals surface area contributed by atoms with Crippen LogP contribution >= 0.6 is 0 Å². The number of hydrogen-bond acceptors (Lipinski definition) is 4. The third-order valence-corrected chi connectivity index (χ3v) is 10.2. The van der Waals surface area contributed by atoms with Gasteiger partial charge >= 0.3 is 5.97 Å². The van der Waals surface area contributed by atoms with Gasteiger partial charge in [0, 0.05) is 25.6 Å². The maximum Gasteiger partial charge on any atom is 0.324 e. The summed E-state index contributed by atoms with van der Waals surface area (Å²) < 4.78 is 12.8. The highest BCUT2D eigenvalue weighted by Gasteiger charge is 2.41. The third kappa shape index (κ3) is 9.21. The van der Waals surface area contributed by atoms with Crippen molar-refractivity contribution < 1.29 is 14.3 Å². The molecule has 1 saturated carbocycles. The van der Waals surface area contributed by atoms with Crippen molar-refractivity contribution in [3.63, 3.8) is 0 Å². The van der Waals surface area contributed by atoms with Gasteiger partial charge in [0.2, 0.25) is 0 Å². The summed E-state index contributed by atoms with van der Waals surface area (Å²) in [6.07, 6.45) is 4.33. The van der Waals surface area contributed by atoms with E-state index in [-0.39, 0.29) is 23.4 Å². The van der Waals surface area contributed by atoms with Crippen LogP contribution in [0, 0.1) is 11.8 Å². The average Bonchev–Trinajstić information content (AvgIpc) is 3.09. The molecule has 0 saturated heterocycles. The number of esters is 1. The van der Waals surface area contributed by atoms with Crippen molar-refractivity contribution in [1.29, 1.82) is 0 Å². The van der Waals surface area contributed by atoms with E-state index in [1.807, 2.05) is 25.1 Å². The Kier molecular flexibility index (Phi) is 12.4. The number of ether oxygens (including phenoxy) is 2. The second-order valence-electron chi connectivity index (χ2n) is 13.9. The Hall–Kier alpha value is -3.73. The molecule has 0 aromatic heterocycles. The van der Waals surface area contributed by atoms with Gasteiger partial charge < -0.3 is 9.47 Å². The van der Waals surface area contributed by atoms with Crippen LogP contribution in [-0.4, -0.2) is 36.2 Å². The van der Waals surface area contributed by atoms with Crippen molar-refractivity contribution in [2.24, 2.45) is 11.8 Å². The van der Waals surface area contributed by atoms with Crippen LogP contribution in [0.4, 0.5) is 0 Å². The van der Waals surface area contributed by atoms with Crippen molar-refractivity contribution in [2.45, 2.75) is 89.9 Å². The predicted molar refractivity (Wildman–Crippen MR) is 192 cm³/mol.